The first-order valence-electron chi connectivity index (χ1n) is 9.80. The van der Waals surface area contributed by atoms with Crippen molar-refractivity contribution in [3.05, 3.63) is 42.2 Å². The van der Waals surface area contributed by atoms with E-state index in [1.165, 1.54) is 16.7 Å². The Balaban J connectivity index is 1.78. The van der Waals surface area contributed by atoms with Crippen molar-refractivity contribution >= 4 is 23.5 Å². The molecule has 1 unspecified atom stereocenters. The van der Waals surface area contributed by atoms with Crippen molar-refractivity contribution in [3.63, 3.8) is 0 Å². The second-order valence-corrected chi connectivity index (χ2v) is 8.11. The van der Waals surface area contributed by atoms with Crippen molar-refractivity contribution in [3.8, 4) is 0 Å². The Morgan fingerprint density at radius 1 is 1.27 bits per heavy atom. The fourth-order valence-electron chi connectivity index (χ4n) is 2.51. The van der Waals surface area contributed by atoms with Crippen LogP contribution in [0.25, 0.3) is 0 Å². The van der Waals surface area contributed by atoms with Crippen LogP contribution in [0.5, 0.6) is 0 Å². The second-order valence-electron chi connectivity index (χ2n) is 7.07. The average molecular weight is 435 g/mol. The number of carbonyl (C=O) groups excluding carboxylic acids is 1. The number of aliphatic hydroxyl groups excluding tert-OH is 1. The van der Waals surface area contributed by atoms with Gasteiger partial charge in [0.25, 0.3) is 0 Å². The Hall–Kier alpha value is -2.20. The van der Waals surface area contributed by atoms with Gasteiger partial charge in [0.05, 0.1) is 38.6 Å². The summed E-state index contributed by atoms with van der Waals surface area (Å²) in [5.41, 5.74) is 1.63. The molecule has 2 aromatic rings. The summed E-state index contributed by atoms with van der Waals surface area (Å²) in [6, 6.07) is 7.20. The van der Waals surface area contributed by atoms with Gasteiger partial charge in [0, 0.05) is 30.0 Å². The molecule has 0 saturated heterocycles. The summed E-state index contributed by atoms with van der Waals surface area (Å²) in [5.74, 6) is 0. The normalized spacial score (nSPS) is 12.1. The van der Waals surface area contributed by atoms with Crippen LogP contribution in [0, 0.1) is 6.92 Å². The van der Waals surface area contributed by atoms with Crippen molar-refractivity contribution in [2.45, 2.75) is 43.0 Å². The monoisotopic (exact) mass is 434 g/mol. The van der Waals surface area contributed by atoms with Gasteiger partial charge in [-0.15, -0.1) is 0 Å². The van der Waals surface area contributed by atoms with Crippen LogP contribution < -0.4 is 5.32 Å². The number of urea groups is 1. The maximum absolute atomic E-state index is 12.4. The lowest BCUT2D eigenvalue weighted by Crippen LogP contribution is -2.39. The van der Waals surface area contributed by atoms with E-state index in [0.717, 1.165) is 10.5 Å². The Morgan fingerprint density at radius 2 is 2.00 bits per heavy atom. The molecule has 2 N–H and O–H groups in total. The molecule has 0 spiro atoms. The number of aryl methyl sites for hydroxylation is 1. The quantitative estimate of drug-likeness (QED) is 0.414. The molecule has 0 bridgehead atoms. The molecule has 0 aliphatic rings. The summed E-state index contributed by atoms with van der Waals surface area (Å²) in [7, 11) is 1.63. The lowest BCUT2D eigenvalue weighted by Gasteiger charge is -2.22. The molecular weight excluding hydrogens is 404 g/mol. The van der Waals surface area contributed by atoms with Crippen LogP contribution in [-0.2, 0) is 9.47 Å². The summed E-state index contributed by atoms with van der Waals surface area (Å²) < 4.78 is 10.8. The zero-order chi connectivity index (χ0) is 21.9. The minimum atomic E-state index is -0.773. The minimum Gasteiger partial charge on any atom is -0.389 e. The number of nitrogens with one attached hydrogen (secondary N) is 1. The Kier molecular flexibility index (Phi) is 10.0. The fourth-order valence-corrected chi connectivity index (χ4v) is 3.32. The van der Waals surface area contributed by atoms with E-state index in [1.54, 1.807) is 25.5 Å². The van der Waals surface area contributed by atoms with E-state index in [9.17, 15) is 9.90 Å². The van der Waals surface area contributed by atoms with E-state index >= 15 is 0 Å². The van der Waals surface area contributed by atoms with E-state index in [0.29, 0.717) is 24.1 Å². The van der Waals surface area contributed by atoms with E-state index in [2.05, 4.69) is 15.3 Å². The third kappa shape index (κ3) is 8.66. The zero-order valence-electron chi connectivity index (χ0n) is 17.9. The van der Waals surface area contributed by atoms with E-state index in [4.69, 9.17) is 9.47 Å². The number of hydrogen-bond donors (Lipinski definition) is 2. The topological polar surface area (TPSA) is 96.8 Å². The molecule has 0 radical (unpaired) electrons. The molecule has 2 rings (SSSR count). The molecule has 1 aromatic carbocycles. The first-order chi connectivity index (χ1) is 14.3. The number of aliphatic hydroxyl groups is 1. The lowest BCUT2D eigenvalue weighted by molar-refractivity contribution is -0.0144. The predicted octanol–water partition coefficient (Wildman–Crippen LogP) is 3.20. The SMILES string of the molecule is Cc1cc(Sc2ncccn2)ccc1NC(=O)N(C)CC(O)COCCOC(C)C. The Labute approximate surface area is 182 Å². The van der Waals surface area contributed by atoms with Crippen LogP contribution in [0.2, 0.25) is 0 Å². The number of amides is 2. The van der Waals surface area contributed by atoms with Crippen LogP contribution in [0.3, 0.4) is 0 Å². The van der Waals surface area contributed by atoms with Gasteiger partial charge in [-0.25, -0.2) is 14.8 Å². The molecule has 0 aliphatic carbocycles. The van der Waals surface area contributed by atoms with Gasteiger partial charge in [-0.3, -0.25) is 0 Å². The van der Waals surface area contributed by atoms with E-state index < -0.39 is 6.10 Å². The van der Waals surface area contributed by atoms with Gasteiger partial charge >= 0.3 is 6.03 Å². The first-order valence-corrected chi connectivity index (χ1v) is 10.6. The summed E-state index contributed by atoms with van der Waals surface area (Å²) >= 11 is 1.46. The molecule has 9 heteroatoms. The predicted molar refractivity (Wildman–Crippen MR) is 117 cm³/mol. The molecule has 0 fully saturated rings. The zero-order valence-corrected chi connectivity index (χ0v) is 18.7. The third-order valence-corrected chi connectivity index (χ3v) is 4.89. The molecule has 164 valence electrons. The number of rotatable bonds is 11. The van der Waals surface area contributed by atoms with Crippen molar-refractivity contribution in [1.29, 1.82) is 0 Å². The number of aromatic nitrogens is 2. The summed E-state index contributed by atoms with van der Waals surface area (Å²) in [4.78, 5) is 23.3. The molecule has 1 atom stereocenters. The summed E-state index contributed by atoms with van der Waals surface area (Å²) in [5, 5.41) is 13.6. The van der Waals surface area contributed by atoms with Gasteiger partial charge in [0.1, 0.15) is 0 Å². The molecule has 8 nitrogen and oxygen atoms in total. The maximum atomic E-state index is 12.4. The highest BCUT2D eigenvalue weighted by Crippen LogP contribution is 2.28. The van der Waals surface area contributed by atoms with Crippen molar-refractivity contribution in [1.82, 2.24) is 14.9 Å². The highest BCUT2D eigenvalue weighted by molar-refractivity contribution is 7.99. The van der Waals surface area contributed by atoms with Gasteiger partial charge < -0.3 is 24.8 Å². The van der Waals surface area contributed by atoms with Gasteiger partial charge in [0.2, 0.25) is 0 Å². The van der Waals surface area contributed by atoms with Gasteiger partial charge in [-0.1, -0.05) is 0 Å². The summed E-state index contributed by atoms with van der Waals surface area (Å²) in [6.45, 7) is 7.02. The standard InChI is InChI=1S/C21H30N4O4S/c1-15(2)29-11-10-28-14-17(26)13-25(4)21(27)24-19-7-6-18(12-16(19)3)30-20-22-8-5-9-23-20/h5-9,12,15,17,26H,10-11,13-14H2,1-4H3,(H,24,27). The number of anilines is 1. The van der Waals surface area contributed by atoms with E-state index in [-0.39, 0.29) is 25.3 Å². The number of ether oxygens (including phenoxy) is 2. The Bertz CT molecular complexity index is 792. The molecule has 1 heterocycles. The number of nitrogens with zero attached hydrogens (tertiary/aromatic N) is 3. The molecule has 1 aromatic heterocycles. The van der Waals surface area contributed by atoms with Crippen molar-refractivity contribution < 1.29 is 19.4 Å². The largest absolute Gasteiger partial charge is 0.389 e. The van der Waals surface area contributed by atoms with Crippen LogP contribution in [0.15, 0.2) is 46.7 Å². The van der Waals surface area contributed by atoms with Crippen molar-refractivity contribution in [2.75, 3.05) is 38.7 Å². The Morgan fingerprint density at radius 3 is 2.67 bits per heavy atom. The molecular formula is C21H30N4O4S. The van der Waals surface area contributed by atoms with Crippen LogP contribution in [-0.4, -0.2) is 71.6 Å². The molecule has 2 amide bonds. The highest BCUT2D eigenvalue weighted by atomic mass is 32.2. The number of carbonyl (C=O) groups is 1. The van der Waals surface area contributed by atoms with Gasteiger partial charge in [0.15, 0.2) is 5.16 Å². The second kappa shape index (κ2) is 12.5. The highest BCUT2D eigenvalue weighted by Gasteiger charge is 2.15. The average Bonchev–Trinajstić information content (AvgIpc) is 2.70. The lowest BCUT2D eigenvalue weighted by atomic mass is 10.2. The fraction of sp³-hybridized carbons (Fsp3) is 0.476. The first kappa shape index (κ1) is 24.1. The molecule has 30 heavy (non-hydrogen) atoms. The number of likely N-dealkylation sites (N-methyl/N-ethyl adjacent to an activating group) is 1. The third-order valence-electron chi connectivity index (χ3n) is 4.01. The minimum absolute atomic E-state index is 0.144. The number of benzene rings is 1. The maximum Gasteiger partial charge on any atom is 0.321 e. The van der Waals surface area contributed by atoms with Crippen LogP contribution >= 0.6 is 11.8 Å². The smallest absolute Gasteiger partial charge is 0.321 e. The summed E-state index contributed by atoms with van der Waals surface area (Å²) in [6.07, 6.45) is 2.78. The van der Waals surface area contributed by atoms with Gasteiger partial charge in [-0.05, 0) is 62.4 Å². The molecule has 0 saturated carbocycles. The van der Waals surface area contributed by atoms with E-state index in [1.807, 2.05) is 39.0 Å². The van der Waals surface area contributed by atoms with Crippen molar-refractivity contribution in [2.24, 2.45) is 0 Å². The van der Waals surface area contributed by atoms with Crippen LogP contribution in [0.4, 0.5) is 10.5 Å². The number of hydrogen-bond acceptors (Lipinski definition) is 7. The van der Waals surface area contributed by atoms with Gasteiger partial charge in [-0.2, -0.15) is 0 Å². The molecule has 0 aliphatic heterocycles. The van der Waals surface area contributed by atoms with Crippen LogP contribution in [0.1, 0.15) is 19.4 Å².